The van der Waals surface area contributed by atoms with Crippen molar-refractivity contribution >= 4 is 17.8 Å². The summed E-state index contributed by atoms with van der Waals surface area (Å²) in [6, 6.07) is 5.71. The summed E-state index contributed by atoms with van der Waals surface area (Å²) in [6.07, 6.45) is 0. The minimum Gasteiger partial charge on any atom is -0.480 e. The molecule has 7 nitrogen and oxygen atoms in total. The number of rotatable bonds is 5. The standard InChI is InChI=1S/C12H13NO6/c1-12(19,11(17)18)8(10(15)16)13-9(14)7-5-3-2-4-6-7/h2-6,8,19H,1H3,(H,13,14)(H,15,16)(H,17,18)/t8-,12+/m1/s1. The van der Waals surface area contributed by atoms with E-state index >= 15 is 0 Å². The molecule has 7 heteroatoms. The predicted octanol–water partition coefficient (Wildman–Crippen LogP) is -0.295. The lowest BCUT2D eigenvalue weighted by molar-refractivity contribution is -0.166. The Morgan fingerprint density at radius 2 is 1.68 bits per heavy atom. The van der Waals surface area contributed by atoms with Gasteiger partial charge in [0.1, 0.15) is 0 Å². The number of carbonyl (C=O) groups excluding carboxylic acids is 1. The molecule has 0 aliphatic carbocycles. The summed E-state index contributed by atoms with van der Waals surface area (Å²) in [6.45, 7) is 0.805. The van der Waals surface area contributed by atoms with E-state index in [-0.39, 0.29) is 5.56 Å². The van der Waals surface area contributed by atoms with Crippen molar-refractivity contribution in [1.29, 1.82) is 0 Å². The van der Waals surface area contributed by atoms with E-state index in [2.05, 4.69) is 0 Å². The summed E-state index contributed by atoms with van der Waals surface area (Å²) < 4.78 is 0. The molecule has 0 heterocycles. The molecule has 0 unspecified atom stereocenters. The lowest BCUT2D eigenvalue weighted by atomic mass is 9.96. The van der Waals surface area contributed by atoms with Crippen LogP contribution in [0.1, 0.15) is 17.3 Å². The van der Waals surface area contributed by atoms with Crippen LogP contribution in [0.5, 0.6) is 0 Å². The molecule has 1 rings (SSSR count). The number of carboxylic acid groups (broad SMARTS) is 2. The Hall–Kier alpha value is -2.41. The summed E-state index contributed by atoms with van der Waals surface area (Å²) in [7, 11) is 0. The van der Waals surface area contributed by atoms with Gasteiger partial charge in [0, 0.05) is 5.56 Å². The SMILES string of the molecule is C[C@@](O)(C(=O)O)[C@H](NC(=O)c1ccccc1)C(=O)O. The molecular formula is C12H13NO6. The maximum atomic E-state index is 11.8. The second-order valence-electron chi connectivity index (χ2n) is 4.06. The minimum atomic E-state index is -2.61. The van der Waals surface area contributed by atoms with Gasteiger partial charge in [-0.2, -0.15) is 0 Å². The Morgan fingerprint density at radius 3 is 2.11 bits per heavy atom. The zero-order valence-electron chi connectivity index (χ0n) is 10.0. The van der Waals surface area contributed by atoms with Crippen molar-refractivity contribution in [2.75, 3.05) is 0 Å². The van der Waals surface area contributed by atoms with Crippen molar-refractivity contribution in [2.24, 2.45) is 0 Å². The van der Waals surface area contributed by atoms with Crippen LogP contribution in [0.3, 0.4) is 0 Å². The van der Waals surface area contributed by atoms with E-state index < -0.39 is 29.5 Å². The highest BCUT2D eigenvalue weighted by atomic mass is 16.4. The first-order chi connectivity index (χ1) is 8.76. The molecular weight excluding hydrogens is 254 g/mol. The zero-order valence-corrected chi connectivity index (χ0v) is 10.0. The van der Waals surface area contributed by atoms with Gasteiger partial charge < -0.3 is 20.6 Å². The summed E-state index contributed by atoms with van der Waals surface area (Å²) >= 11 is 0. The fourth-order valence-electron chi connectivity index (χ4n) is 1.37. The monoisotopic (exact) mass is 267 g/mol. The molecule has 0 bridgehead atoms. The van der Waals surface area contributed by atoms with E-state index in [9.17, 15) is 19.5 Å². The van der Waals surface area contributed by atoms with E-state index in [0.717, 1.165) is 6.92 Å². The second kappa shape index (κ2) is 5.49. The summed E-state index contributed by atoms with van der Waals surface area (Å²) in [4.78, 5) is 33.5. The molecule has 1 aromatic rings. The quantitative estimate of drug-likeness (QED) is 0.581. The lowest BCUT2D eigenvalue weighted by Gasteiger charge is -2.26. The Balaban J connectivity index is 2.96. The zero-order chi connectivity index (χ0) is 14.6. The van der Waals surface area contributed by atoms with Gasteiger partial charge in [-0.05, 0) is 19.1 Å². The normalized spacial score (nSPS) is 15.1. The largest absolute Gasteiger partial charge is 0.480 e. The van der Waals surface area contributed by atoms with Gasteiger partial charge in [0.25, 0.3) is 5.91 Å². The highest BCUT2D eigenvalue weighted by molar-refractivity contribution is 5.98. The van der Waals surface area contributed by atoms with Gasteiger partial charge >= 0.3 is 11.9 Å². The number of carboxylic acids is 2. The van der Waals surface area contributed by atoms with Gasteiger partial charge in [-0.25, -0.2) is 9.59 Å². The smallest absolute Gasteiger partial charge is 0.338 e. The third-order valence-electron chi connectivity index (χ3n) is 2.55. The predicted molar refractivity (Wildman–Crippen MR) is 63.6 cm³/mol. The average molecular weight is 267 g/mol. The van der Waals surface area contributed by atoms with Crippen LogP contribution >= 0.6 is 0 Å². The Morgan fingerprint density at radius 1 is 1.16 bits per heavy atom. The van der Waals surface area contributed by atoms with Crippen LogP contribution in [0, 0.1) is 0 Å². The van der Waals surface area contributed by atoms with E-state index in [1.807, 2.05) is 5.32 Å². The molecule has 0 radical (unpaired) electrons. The van der Waals surface area contributed by atoms with Crippen LogP contribution in [0.15, 0.2) is 30.3 Å². The first kappa shape index (κ1) is 14.7. The summed E-state index contributed by atoms with van der Waals surface area (Å²) in [5, 5.41) is 29.3. The van der Waals surface area contributed by atoms with Crippen LogP contribution in [-0.4, -0.2) is 44.8 Å². The number of aliphatic carboxylic acids is 2. The molecule has 1 amide bonds. The van der Waals surface area contributed by atoms with Crippen LogP contribution in [0.2, 0.25) is 0 Å². The summed E-state index contributed by atoms with van der Waals surface area (Å²) in [5.41, 5.74) is -2.45. The van der Waals surface area contributed by atoms with Crippen LogP contribution < -0.4 is 5.32 Å². The molecule has 102 valence electrons. The number of hydrogen-bond acceptors (Lipinski definition) is 4. The first-order valence-corrected chi connectivity index (χ1v) is 5.31. The minimum absolute atomic E-state index is 0.162. The molecule has 0 aliphatic heterocycles. The van der Waals surface area contributed by atoms with Gasteiger partial charge in [0.2, 0.25) is 0 Å². The van der Waals surface area contributed by atoms with E-state index in [1.165, 1.54) is 12.1 Å². The average Bonchev–Trinajstić information content (AvgIpc) is 2.35. The van der Waals surface area contributed by atoms with Crippen LogP contribution in [0.4, 0.5) is 0 Å². The second-order valence-corrected chi connectivity index (χ2v) is 4.06. The van der Waals surface area contributed by atoms with Crippen molar-refractivity contribution in [1.82, 2.24) is 5.32 Å². The number of carbonyl (C=O) groups is 3. The molecule has 0 aromatic heterocycles. The van der Waals surface area contributed by atoms with E-state index in [1.54, 1.807) is 18.2 Å². The van der Waals surface area contributed by atoms with Crippen molar-refractivity contribution in [3.63, 3.8) is 0 Å². The Labute approximate surface area is 108 Å². The van der Waals surface area contributed by atoms with Gasteiger partial charge in [0.05, 0.1) is 0 Å². The van der Waals surface area contributed by atoms with Crippen molar-refractivity contribution in [2.45, 2.75) is 18.6 Å². The van der Waals surface area contributed by atoms with Gasteiger partial charge in [-0.3, -0.25) is 4.79 Å². The van der Waals surface area contributed by atoms with Gasteiger partial charge in [-0.15, -0.1) is 0 Å². The highest BCUT2D eigenvalue weighted by Gasteiger charge is 2.45. The van der Waals surface area contributed by atoms with E-state index in [0.29, 0.717) is 0 Å². The van der Waals surface area contributed by atoms with Crippen LogP contribution in [0.25, 0.3) is 0 Å². The molecule has 0 saturated heterocycles. The molecule has 2 atom stereocenters. The molecule has 0 spiro atoms. The Bertz CT molecular complexity index is 496. The van der Waals surface area contributed by atoms with Crippen molar-refractivity contribution in [3.8, 4) is 0 Å². The van der Waals surface area contributed by atoms with Crippen molar-refractivity contribution < 1.29 is 29.7 Å². The van der Waals surface area contributed by atoms with Gasteiger partial charge in [-0.1, -0.05) is 18.2 Å². The number of amides is 1. The van der Waals surface area contributed by atoms with Crippen molar-refractivity contribution in [3.05, 3.63) is 35.9 Å². The maximum Gasteiger partial charge on any atom is 0.338 e. The number of nitrogens with one attached hydrogen (secondary N) is 1. The van der Waals surface area contributed by atoms with Gasteiger partial charge in [0.15, 0.2) is 11.6 Å². The molecule has 0 saturated carbocycles. The lowest BCUT2D eigenvalue weighted by Crippen LogP contribution is -2.59. The number of aliphatic hydroxyl groups is 1. The number of benzene rings is 1. The third kappa shape index (κ3) is 3.29. The van der Waals surface area contributed by atoms with E-state index in [4.69, 9.17) is 10.2 Å². The maximum absolute atomic E-state index is 11.8. The fraction of sp³-hybridized carbons (Fsp3) is 0.250. The third-order valence-corrected chi connectivity index (χ3v) is 2.55. The summed E-state index contributed by atoms with van der Waals surface area (Å²) in [5.74, 6) is -4.17. The molecule has 4 N–H and O–H groups in total. The fourth-order valence-corrected chi connectivity index (χ4v) is 1.37. The molecule has 0 aliphatic rings. The highest BCUT2D eigenvalue weighted by Crippen LogP contribution is 2.12. The molecule has 0 fully saturated rings. The topological polar surface area (TPSA) is 124 Å². The molecule has 19 heavy (non-hydrogen) atoms. The first-order valence-electron chi connectivity index (χ1n) is 5.31. The Kier molecular flexibility index (Phi) is 4.23. The number of hydrogen-bond donors (Lipinski definition) is 4. The van der Waals surface area contributed by atoms with Crippen LogP contribution in [-0.2, 0) is 9.59 Å². The molecule has 1 aromatic carbocycles.